The van der Waals surface area contributed by atoms with Gasteiger partial charge in [0.25, 0.3) is 0 Å². The standard InChI is InChI=1S/C14H23N5S/c1-5-10-9-11-12(16-14(15)17-13(11)20-10)19(4)8-6-7-18(2)3/h9H,5-8H2,1-4H3,(H2,15,16,17). The van der Waals surface area contributed by atoms with Gasteiger partial charge in [-0.2, -0.15) is 4.98 Å². The SMILES string of the molecule is CCc1cc2c(N(C)CCCN(C)C)nc(N)nc2s1. The second-order valence-electron chi connectivity index (χ2n) is 5.27. The van der Waals surface area contributed by atoms with Crippen LogP contribution in [0.4, 0.5) is 11.8 Å². The van der Waals surface area contributed by atoms with Crippen LogP contribution in [0.25, 0.3) is 10.2 Å². The van der Waals surface area contributed by atoms with Crippen molar-refractivity contribution in [1.29, 1.82) is 0 Å². The maximum Gasteiger partial charge on any atom is 0.223 e. The Bertz CT molecular complexity index is 578. The molecule has 0 amide bonds. The zero-order chi connectivity index (χ0) is 14.7. The molecule has 5 nitrogen and oxygen atoms in total. The van der Waals surface area contributed by atoms with Crippen LogP contribution in [0.1, 0.15) is 18.2 Å². The zero-order valence-electron chi connectivity index (χ0n) is 12.7. The third-order valence-corrected chi connectivity index (χ3v) is 4.42. The predicted molar refractivity (Wildman–Crippen MR) is 87.6 cm³/mol. The number of nitrogens with two attached hydrogens (primary N) is 1. The molecule has 2 aromatic heterocycles. The number of nitrogens with zero attached hydrogens (tertiary/aromatic N) is 4. The number of hydrogen-bond donors (Lipinski definition) is 1. The summed E-state index contributed by atoms with van der Waals surface area (Å²) in [6.45, 7) is 4.18. The van der Waals surface area contributed by atoms with E-state index in [2.05, 4.69) is 53.9 Å². The van der Waals surface area contributed by atoms with Crippen LogP contribution >= 0.6 is 11.3 Å². The molecule has 2 aromatic rings. The number of hydrogen-bond acceptors (Lipinski definition) is 6. The molecule has 0 spiro atoms. The Morgan fingerprint density at radius 2 is 1.95 bits per heavy atom. The molecule has 0 aromatic carbocycles. The fourth-order valence-electron chi connectivity index (χ4n) is 2.17. The molecule has 0 atom stereocenters. The first-order chi connectivity index (χ1) is 9.51. The molecule has 0 aliphatic heterocycles. The topological polar surface area (TPSA) is 58.3 Å². The van der Waals surface area contributed by atoms with Crippen molar-refractivity contribution in [3.8, 4) is 0 Å². The first kappa shape index (κ1) is 15.0. The maximum absolute atomic E-state index is 5.84. The van der Waals surface area contributed by atoms with Gasteiger partial charge in [0.2, 0.25) is 5.95 Å². The number of fused-ring (bicyclic) bond motifs is 1. The van der Waals surface area contributed by atoms with Gasteiger partial charge in [-0.25, -0.2) is 4.98 Å². The minimum atomic E-state index is 0.358. The van der Waals surface area contributed by atoms with Crippen molar-refractivity contribution in [2.75, 3.05) is 44.9 Å². The first-order valence-electron chi connectivity index (χ1n) is 6.93. The van der Waals surface area contributed by atoms with Crippen LogP contribution in [0.5, 0.6) is 0 Å². The molecule has 2 heterocycles. The summed E-state index contributed by atoms with van der Waals surface area (Å²) in [6.07, 6.45) is 2.12. The van der Waals surface area contributed by atoms with E-state index in [1.54, 1.807) is 11.3 Å². The van der Waals surface area contributed by atoms with Gasteiger partial charge in [0.05, 0.1) is 5.39 Å². The quantitative estimate of drug-likeness (QED) is 0.885. The van der Waals surface area contributed by atoms with E-state index in [1.807, 2.05) is 0 Å². The fourth-order valence-corrected chi connectivity index (χ4v) is 3.14. The highest BCUT2D eigenvalue weighted by Crippen LogP contribution is 2.31. The van der Waals surface area contributed by atoms with Crippen LogP contribution < -0.4 is 10.6 Å². The molecule has 0 bridgehead atoms. The Kier molecular flexibility index (Phi) is 4.77. The second kappa shape index (κ2) is 6.37. The number of thiophene rings is 1. The molecule has 0 unspecified atom stereocenters. The van der Waals surface area contributed by atoms with Crippen LogP contribution in [-0.4, -0.2) is 49.1 Å². The highest BCUT2D eigenvalue weighted by molar-refractivity contribution is 7.18. The molecule has 2 rings (SSSR count). The van der Waals surface area contributed by atoms with E-state index in [9.17, 15) is 0 Å². The van der Waals surface area contributed by atoms with Crippen molar-refractivity contribution in [2.24, 2.45) is 0 Å². The molecule has 20 heavy (non-hydrogen) atoms. The Balaban J connectivity index is 2.25. The van der Waals surface area contributed by atoms with E-state index in [-0.39, 0.29) is 0 Å². The summed E-state index contributed by atoms with van der Waals surface area (Å²) in [5, 5.41) is 1.12. The lowest BCUT2D eigenvalue weighted by molar-refractivity contribution is 0.401. The van der Waals surface area contributed by atoms with Crippen molar-refractivity contribution in [1.82, 2.24) is 14.9 Å². The maximum atomic E-state index is 5.84. The average Bonchev–Trinajstić information content (AvgIpc) is 2.79. The smallest absolute Gasteiger partial charge is 0.223 e. The van der Waals surface area contributed by atoms with Crippen LogP contribution in [0.3, 0.4) is 0 Å². The van der Waals surface area contributed by atoms with E-state index >= 15 is 0 Å². The summed E-state index contributed by atoms with van der Waals surface area (Å²) >= 11 is 1.71. The Morgan fingerprint density at radius 3 is 2.60 bits per heavy atom. The summed E-state index contributed by atoms with van der Waals surface area (Å²) < 4.78 is 0. The monoisotopic (exact) mass is 293 g/mol. The van der Waals surface area contributed by atoms with Gasteiger partial charge in [0.1, 0.15) is 10.6 Å². The van der Waals surface area contributed by atoms with Crippen molar-refractivity contribution in [2.45, 2.75) is 19.8 Å². The van der Waals surface area contributed by atoms with E-state index in [0.717, 1.165) is 42.0 Å². The van der Waals surface area contributed by atoms with Gasteiger partial charge in [0, 0.05) is 18.5 Å². The molecule has 0 saturated heterocycles. The third kappa shape index (κ3) is 3.37. The van der Waals surface area contributed by atoms with E-state index in [1.165, 1.54) is 4.88 Å². The minimum Gasteiger partial charge on any atom is -0.368 e. The molecule has 0 saturated carbocycles. The number of rotatable bonds is 6. The largest absolute Gasteiger partial charge is 0.368 e. The summed E-state index contributed by atoms with van der Waals surface area (Å²) in [7, 11) is 6.25. The summed E-state index contributed by atoms with van der Waals surface area (Å²) in [6, 6.07) is 2.19. The summed E-state index contributed by atoms with van der Waals surface area (Å²) in [5.74, 6) is 1.30. The summed E-state index contributed by atoms with van der Waals surface area (Å²) in [5.41, 5.74) is 5.84. The molecular formula is C14H23N5S. The predicted octanol–water partition coefficient (Wildman–Crippen LogP) is 2.22. The zero-order valence-corrected chi connectivity index (χ0v) is 13.5. The van der Waals surface area contributed by atoms with Crippen molar-refractivity contribution >= 4 is 33.3 Å². The molecule has 6 heteroatoms. The van der Waals surface area contributed by atoms with Crippen molar-refractivity contribution in [3.63, 3.8) is 0 Å². The Morgan fingerprint density at radius 1 is 1.20 bits per heavy atom. The minimum absolute atomic E-state index is 0.358. The van der Waals surface area contributed by atoms with Crippen molar-refractivity contribution in [3.05, 3.63) is 10.9 Å². The number of aromatic nitrogens is 2. The number of nitrogen functional groups attached to an aromatic ring is 1. The molecule has 0 aliphatic carbocycles. The van der Waals surface area contributed by atoms with E-state index in [0.29, 0.717) is 5.95 Å². The van der Waals surface area contributed by atoms with Crippen molar-refractivity contribution < 1.29 is 0 Å². The van der Waals surface area contributed by atoms with Gasteiger partial charge in [-0.3, -0.25) is 0 Å². The van der Waals surface area contributed by atoms with Crippen LogP contribution in [0.2, 0.25) is 0 Å². The molecule has 0 fully saturated rings. The molecular weight excluding hydrogens is 270 g/mol. The molecule has 0 aliphatic rings. The van der Waals surface area contributed by atoms with Gasteiger partial charge in [-0.15, -0.1) is 11.3 Å². The van der Waals surface area contributed by atoms with Gasteiger partial charge in [-0.1, -0.05) is 6.92 Å². The summed E-state index contributed by atoms with van der Waals surface area (Å²) in [4.78, 5) is 15.5. The molecule has 0 radical (unpaired) electrons. The van der Waals surface area contributed by atoms with E-state index in [4.69, 9.17) is 5.73 Å². The molecule has 110 valence electrons. The number of aryl methyl sites for hydroxylation is 1. The van der Waals surface area contributed by atoms with Gasteiger partial charge in [-0.05, 0) is 39.5 Å². The van der Waals surface area contributed by atoms with E-state index < -0.39 is 0 Å². The van der Waals surface area contributed by atoms with Crippen LogP contribution in [0.15, 0.2) is 6.07 Å². The van der Waals surface area contributed by atoms with Crippen LogP contribution in [0, 0.1) is 0 Å². The third-order valence-electron chi connectivity index (χ3n) is 3.25. The second-order valence-corrected chi connectivity index (χ2v) is 6.38. The fraction of sp³-hybridized carbons (Fsp3) is 0.571. The lowest BCUT2D eigenvalue weighted by Crippen LogP contribution is -2.24. The number of anilines is 2. The Hall–Kier alpha value is -1.40. The highest BCUT2D eigenvalue weighted by atomic mass is 32.1. The average molecular weight is 293 g/mol. The lowest BCUT2D eigenvalue weighted by Gasteiger charge is -2.20. The lowest BCUT2D eigenvalue weighted by atomic mass is 10.3. The highest BCUT2D eigenvalue weighted by Gasteiger charge is 2.13. The molecule has 2 N–H and O–H groups in total. The van der Waals surface area contributed by atoms with Gasteiger partial charge in [0.15, 0.2) is 0 Å². The van der Waals surface area contributed by atoms with Gasteiger partial charge < -0.3 is 15.5 Å². The van der Waals surface area contributed by atoms with Gasteiger partial charge >= 0.3 is 0 Å². The first-order valence-corrected chi connectivity index (χ1v) is 7.74. The normalized spacial score (nSPS) is 11.4. The van der Waals surface area contributed by atoms with Crippen LogP contribution in [-0.2, 0) is 6.42 Å². The Labute approximate surface area is 124 Å².